The van der Waals surface area contributed by atoms with Gasteiger partial charge in [-0.15, -0.1) is 0 Å². The van der Waals surface area contributed by atoms with Crippen LogP contribution in [0.1, 0.15) is 40.0 Å². The summed E-state index contributed by atoms with van der Waals surface area (Å²) in [6.45, 7) is 7.38. The third-order valence-corrected chi connectivity index (χ3v) is 3.00. The molecule has 0 spiro atoms. The molecule has 126 valence electrons. The van der Waals surface area contributed by atoms with Crippen molar-refractivity contribution in [3.8, 4) is 0 Å². The van der Waals surface area contributed by atoms with Crippen molar-refractivity contribution in [3.63, 3.8) is 0 Å². The lowest BCUT2D eigenvalue weighted by atomic mass is 10.1. The summed E-state index contributed by atoms with van der Waals surface area (Å²) in [6, 6.07) is 0. The molecule has 0 saturated carbocycles. The van der Waals surface area contributed by atoms with Crippen LogP contribution in [0.5, 0.6) is 0 Å². The highest BCUT2D eigenvalue weighted by atomic mass is 32.1. The van der Waals surface area contributed by atoms with E-state index in [1.807, 2.05) is 20.8 Å². The molecule has 9 heteroatoms. The van der Waals surface area contributed by atoms with E-state index in [4.69, 9.17) is 29.5 Å². The summed E-state index contributed by atoms with van der Waals surface area (Å²) in [5.41, 5.74) is 7.04. The lowest BCUT2D eigenvalue weighted by molar-refractivity contribution is 0.285. The molecule has 0 amide bonds. The third-order valence-electron chi connectivity index (χ3n) is 2.53. The minimum absolute atomic E-state index is 0.162. The largest absolute Gasteiger partial charge is 0.396 e. The van der Waals surface area contributed by atoms with E-state index in [1.165, 1.54) is 0 Å². The molecule has 0 unspecified atom stereocenters. The van der Waals surface area contributed by atoms with Crippen LogP contribution in [0.15, 0.2) is 10.2 Å². The Morgan fingerprint density at radius 1 is 0.955 bits per heavy atom. The number of aliphatic hydroxyl groups excluding tert-OH is 1. The highest BCUT2D eigenvalue weighted by Crippen LogP contribution is 1.99. The number of nitrogens with zero attached hydrogens (tertiary/aromatic N) is 2. The minimum atomic E-state index is 0.162. The van der Waals surface area contributed by atoms with Gasteiger partial charge in [0.2, 0.25) is 0 Å². The second kappa shape index (κ2) is 13.4. The highest BCUT2D eigenvalue weighted by Gasteiger charge is 2.06. The summed E-state index contributed by atoms with van der Waals surface area (Å²) in [4.78, 5) is 0. The lowest BCUT2D eigenvalue weighted by Gasteiger charge is -2.10. The molecule has 0 fully saturated rings. The summed E-state index contributed by atoms with van der Waals surface area (Å²) in [6.07, 6.45) is 2.22. The number of thiocarbonyl (C=S) groups is 2. The van der Waals surface area contributed by atoms with Gasteiger partial charge in [-0.25, -0.2) is 0 Å². The molecular formula is C13H26N6OS2. The molecule has 0 atom stereocenters. The van der Waals surface area contributed by atoms with Gasteiger partial charge in [0.25, 0.3) is 0 Å². The maximum Gasteiger partial charge on any atom is 0.186 e. The van der Waals surface area contributed by atoms with E-state index < -0.39 is 0 Å². The smallest absolute Gasteiger partial charge is 0.186 e. The first-order valence-corrected chi connectivity index (χ1v) is 8.16. The summed E-state index contributed by atoms with van der Waals surface area (Å²) >= 11 is 10.1. The zero-order chi connectivity index (χ0) is 16.8. The zero-order valence-electron chi connectivity index (χ0n) is 13.4. The Hall–Kier alpha value is -1.32. The first-order chi connectivity index (χ1) is 10.5. The quantitative estimate of drug-likeness (QED) is 0.183. The Morgan fingerprint density at radius 3 is 2.00 bits per heavy atom. The molecule has 0 aromatic heterocycles. The third kappa shape index (κ3) is 10.4. The molecule has 0 heterocycles. The Labute approximate surface area is 143 Å². The average molecular weight is 347 g/mol. The second-order valence-corrected chi connectivity index (χ2v) is 5.20. The van der Waals surface area contributed by atoms with Crippen LogP contribution in [-0.4, -0.2) is 46.5 Å². The fourth-order valence-electron chi connectivity index (χ4n) is 1.44. The number of hydrogen-bond acceptors (Lipinski definition) is 5. The van der Waals surface area contributed by atoms with E-state index in [0.717, 1.165) is 25.2 Å². The van der Waals surface area contributed by atoms with E-state index in [0.29, 0.717) is 28.8 Å². The van der Waals surface area contributed by atoms with Gasteiger partial charge < -0.3 is 15.7 Å². The van der Waals surface area contributed by atoms with Crippen LogP contribution >= 0.6 is 24.4 Å². The summed E-state index contributed by atoms with van der Waals surface area (Å²) in [5, 5.41) is 24.2. The van der Waals surface area contributed by atoms with Gasteiger partial charge in [-0.3, -0.25) is 10.9 Å². The Bertz CT molecular complexity index is 411. The van der Waals surface area contributed by atoms with Crippen molar-refractivity contribution in [2.75, 3.05) is 19.7 Å². The fraction of sp³-hybridized carbons (Fsp3) is 0.692. The van der Waals surface area contributed by atoms with Gasteiger partial charge in [-0.05, 0) is 64.5 Å². The van der Waals surface area contributed by atoms with Crippen molar-refractivity contribution in [2.24, 2.45) is 10.2 Å². The Balaban J connectivity index is 4.73. The van der Waals surface area contributed by atoms with Crippen molar-refractivity contribution in [1.82, 2.24) is 21.5 Å². The van der Waals surface area contributed by atoms with Crippen molar-refractivity contribution in [2.45, 2.75) is 40.0 Å². The molecule has 0 aromatic carbocycles. The van der Waals surface area contributed by atoms with Gasteiger partial charge in [-0.2, -0.15) is 10.2 Å². The van der Waals surface area contributed by atoms with Gasteiger partial charge in [0.1, 0.15) is 0 Å². The monoisotopic (exact) mass is 346 g/mol. The van der Waals surface area contributed by atoms with Gasteiger partial charge in [-0.1, -0.05) is 0 Å². The normalized spacial score (nSPS) is 11.8. The number of unbranched alkanes of at least 4 members (excludes halogenated alkanes) is 1. The molecule has 0 aliphatic rings. The Morgan fingerprint density at radius 2 is 1.50 bits per heavy atom. The predicted molar refractivity (Wildman–Crippen MR) is 100 cm³/mol. The second-order valence-electron chi connectivity index (χ2n) is 4.38. The molecule has 0 rings (SSSR count). The molecule has 7 nitrogen and oxygen atoms in total. The molecule has 0 radical (unpaired) electrons. The molecule has 0 aliphatic heterocycles. The predicted octanol–water partition coefficient (Wildman–Crippen LogP) is 0.849. The van der Waals surface area contributed by atoms with E-state index in [9.17, 15) is 0 Å². The minimum Gasteiger partial charge on any atom is -0.396 e. The maximum absolute atomic E-state index is 8.89. The lowest BCUT2D eigenvalue weighted by Crippen LogP contribution is -2.34. The molecule has 0 saturated heterocycles. The van der Waals surface area contributed by atoms with Gasteiger partial charge >= 0.3 is 0 Å². The van der Waals surface area contributed by atoms with Crippen LogP contribution in [0.3, 0.4) is 0 Å². The van der Waals surface area contributed by atoms with Crippen molar-refractivity contribution < 1.29 is 5.11 Å². The van der Waals surface area contributed by atoms with E-state index in [1.54, 1.807) is 0 Å². The average Bonchev–Trinajstić information content (AvgIpc) is 2.49. The molecule has 0 aliphatic carbocycles. The molecule has 0 bridgehead atoms. The SMILES string of the molecule is CCNC(=S)N/N=C(C)\C(CCCCO)=N\NC(=S)NCC. The maximum atomic E-state index is 8.89. The van der Waals surface area contributed by atoms with Crippen molar-refractivity contribution >= 4 is 46.1 Å². The van der Waals surface area contributed by atoms with Crippen LogP contribution in [0.25, 0.3) is 0 Å². The van der Waals surface area contributed by atoms with E-state index in [2.05, 4.69) is 31.7 Å². The van der Waals surface area contributed by atoms with Crippen LogP contribution < -0.4 is 21.5 Å². The Kier molecular flexibility index (Phi) is 12.5. The number of nitrogens with one attached hydrogen (secondary N) is 4. The van der Waals surface area contributed by atoms with Crippen molar-refractivity contribution in [1.29, 1.82) is 0 Å². The van der Waals surface area contributed by atoms with Gasteiger partial charge in [0.15, 0.2) is 10.2 Å². The molecule has 5 N–H and O–H groups in total. The van der Waals surface area contributed by atoms with Crippen LogP contribution in [0.2, 0.25) is 0 Å². The van der Waals surface area contributed by atoms with E-state index in [-0.39, 0.29) is 6.61 Å². The van der Waals surface area contributed by atoms with Crippen LogP contribution in [0.4, 0.5) is 0 Å². The number of hydrogen-bond donors (Lipinski definition) is 5. The number of hydrazone groups is 2. The van der Waals surface area contributed by atoms with Crippen molar-refractivity contribution in [3.05, 3.63) is 0 Å². The first-order valence-electron chi connectivity index (χ1n) is 7.34. The first kappa shape index (κ1) is 20.7. The van der Waals surface area contributed by atoms with Crippen LogP contribution in [0, 0.1) is 0 Å². The summed E-state index contributed by atoms with van der Waals surface area (Å²) < 4.78 is 0. The molecular weight excluding hydrogens is 320 g/mol. The van der Waals surface area contributed by atoms with E-state index >= 15 is 0 Å². The van der Waals surface area contributed by atoms with Gasteiger partial charge in [0, 0.05) is 19.7 Å². The molecule has 22 heavy (non-hydrogen) atoms. The summed E-state index contributed by atoms with van der Waals surface area (Å²) in [5.74, 6) is 0. The summed E-state index contributed by atoms with van der Waals surface area (Å²) in [7, 11) is 0. The highest BCUT2D eigenvalue weighted by molar-refractivity contribution is 7.80. The van der Waals surface area contributed by atoms with Gasteiger partial charge in [0.05, 0.1) is 11.4 Å². The standard InChI is InChI=1S/C13H26N6OS2/c1-4-14-12(21)18-16-10(3)11(8-6-7-9-20)17-19-13(22)15-5-2/h20H,4-9H2,1-3H3,(H2,14,18,21)(H2,15,19,22)/b16-10-,17-11+. The fourth-order valence-corrected chi connectivity index (χ4v) is 1.82. The zero-order valence-corrected chi connectivity index (χ0v) is 15.0. The topological polar surface area (TPSA) is 93.1 Å². The number of aliphatic hydroxyl groups is 1. The molecule has 0 aromatic rings. The number of rotatable bonds is 9. The van der Waals surface area contributed by atoms with Crippen LogP contribution in [-0.2, 0) is 0 Å².